The Morgan fingerprint density at radius 3 is 2.68 bits per heavy atom. The highest BCUT2D eigenvalue weighted by molar-refractivity contribution is 5.95. The van der Waals surface area contributed by atoms with Crippen LogP contribution < -0.4 is 0 Å². The third-order valence-corrected chi connectivity index (χ3v) is 5.20. The van der Waals surface area contributed by atoms with Crippen molar-refractivity contribution in [3.63, 3.8) is 0 Å². The Morgan fingerprint density at radius 1 is 1.16 bits per heavy atom. The molecule has 25 heavy (non-hydrogen) atoms. The summed E-state index contributed by atoms with van der Waals surface area (Å²) in [7, 11) is 0. The van der Waals surface area contributed by atoms with Crippen molar-refractivity contribution < 1.29 is 9.59 Å². The predicted molar refractivity (Wildman–Crippen MR) is 94.1 cm³/mol. The molecule has 5 nitrogen and oxygen atoms in total. The molecule has 1 unspecified atom stereocenters. The lowest BCUT2D eigenvalue weighted by Crippen LogP contribution is -2.58. The third kappa shape index (κ3) is 2.60. The van der Waals surface area contributed by atoms with Crippen molar-refractivity contribution in [2.75, 3.05) is 19.6 Å². The van der Waals surface area contributed by atoms with E-state index in [1.165, 1.54) is 5.56 Å². The van der Waals surface area contributed by atoms with Gasteiger partial charge in [-0.3, -0.25) is 14.6 Å². The zero-order chi connectivity index (χ0) is 17.6. The molecule has 1 aromatic carbocycles. The number of nitrogens with zero attached hydrogens (tertiary/aromatic N) is 3. The lowest BCUT2D eigenvalue weighted by molar-refractivity contribution is -0.140. The van der Waals surface area contributed by atoms with Gasteiger partial charge in [0.1, 0.15) is 12.2 Å². The van der Waals surface area contributed by atoms with Gasteiger partial charge in [-0.05, 0) is 23.3 Å². The van der Waals surface area contributed by atoms with E-state index in [9.17, 15) is 9.59 Å². The fraction of sp³-hybridized carbons (Fsp3) is 0.350. The molecule has 4 rings (SSSR count). The van der Waals surface area contributed by atoms with Crippen molar-refractivity contribution in [1.29, 1.82) is 0 Å². The van der Waals surface area contributed by atoms with E-state index in [0.717, 1.165) is 5.56 Å². The Kier molecular flexibility index (Phi) is 3.60. The number of amides is 2. The van der Waals surface area contributed by atoms with E-state index >= 15 is 0 Å². The second-order valence-electron chi connectivity index (χ2n) is 7.41. The van der Waals surface area contributed by atoms with E-state index in [4.69, 9.17) is 0 Å². The quantitative estimate of drug-likeness (QED) is 0.804. The molecule has 2 amide bonds. The first kappa shape index (κ1) is 15.8. The van der Waals surface area contributed by atoms with Crippen LogP contribution in [-0.4, -0.2) is 46.2 Å². The summed E-state index contributed by atoms with van der Waals surface area (Å²) in [5, 5.41) is 0. The topological polar surface area (TPSA) is 53.5 Å². The largest absolute Gasteiger partial charge is 0.331 e. The summed E-state index contributed by atoms with van der Waals surface area (Å²) in [6.07, 6.45) is 1.60. The van der Waals surface area contributed by atoms with Gasteiger partial charge in [-0.15, -0.1) is 0 Å². The average Bonchev–Trinajstić information content (AvgIpc) is 2.63. The maximum absolute atomic E-state index is 12.8. The first-order valence-electron chi connectivity index (χ1n) is 8.56. The Morgan fingerprint density at radius 2 is 1.92 bits per heavy atom. The minimum absolute atomic E-state index is 0.00288. The Bertz CT molecular complexity index is 832. The molecule has 2 aliphatic rings. The van der Waals surface area contributed by atoms with Crippen LogP contribution in [0.2, 0.25) is 0 Å². The number of pyridine rings is 1. The van der Waals surface area contributed by atoms with Gasteiger partial charge in [-0.25, -0.2) is 0 Å². The van der Waals surface area contributed by atoms with E-state index in [2.05, 4.69) is 31.0 Å². The van der Waals surface area contributed by atoms with Crippen molar-refractivity contribution in [3.05, 3.63) is 65.5 Å². The van der Waals surface area contributed by atoms with Crippen molar-refractivity contribution in [2.45, 2.75) is 25.3 Å². The van der Waals surface area contributed by atoms with E-state index < -0.39 is 0 Å². The Hall–Kier alpha value is -2.69. The molecular weight excluding hydrogens is 314 g/mol. The number of rotatable bonds is 1. The zero-order valence-corrected chi connectivity index (χ0v) is 14.5. The van der Waals surface area contributed by atoms with Gasteiger partial charge in [0.15, 0.2) is 0 Å². The van der Waals surface area contributed by atoms with Gasteiger partial charge in [0.25, 0.3) is 5.91 Å². The van der Waals surface area contributed by atoms with Gasteiger partial charge in [-0.2, -0.15) is 0 Å². The molecule has 0 N–H and O–H groups in total. The molecule has 1 fully saturated rings. The van der Waals surface area contributed by atoms with E-state index in [0.29, 0.717) is 18.8 Å². The highest BCUT2D eigenvalue weighted by atomic mass is 16.2. The van der Waals surface area contributed by atoms with E-state index in [1.54, 1.807) is 29.3 Å². The van der Waals surface area contributed by atoms with Crippen LogP contribution in [0, 0.1) is 0 Å². The van der Waals surface area contributed by atoms with Crippen molar-refractivity contribution in [3.8, 4) is 0 Å². The number of carbonyl (C=O) groups is 2. The molecule has 0 aliphatic carbocycles. The van der Waals surface area contributed by atoms with Gasteiger partial charge in [-0.1, -0.05) is 44.2 Å². The van der Waals surface area contributed by atoms with Crippen LogP contribution in [0.5, 0.6) is 0 Å². The van der Waals surface area contributed by atoms with Crippen molar-refractivity contribution >= 4 is 11.8 Å². The molecule has 2 aromatic rings. The molecule has 2 aliphatic heterocycles. The first-order chi connectivity index (χ1) is 12.0. The third-order valence-electron chi connectivity index (χ3n) is 5.20. The lowest BCUT2D eigenvalue weighted by atomic mass is 9.75. The standard InChI is InChI=1S/C20H21N3O2/c1-20(2)13-23-17(14-7-3-4-8-15(14)20)11-22(12-18(23)24)19(25)16-9-5-6-10-21-16/h3-10,17H,11-13H2,1-2H3. The fourth-order valence-electron chi connectivity index (χ4n) is 3.99. The smallest absolute Gasteiger partial charge is 0.272 e. The summed E-state index contributed by atoms with van der Waals surface area (Å²) >= 11 is 0. The maximum atomic E-state index is 12.8. The summed E-state index contributed by atoms with van der Waals surface area (Å²) in [6, 6.07) is 13.4. The monoisotopic (exact) mass is 335 g/mol. The second kappa shape index (κ2) is 5.69. The Labute approximate surface area is 147 Å². The highest BCUT2D eigenvalue weighted by Crippen LogP contribution is 2.41. The lowest BCUT2D eigenvalue weighted by Gasteiger charge is -2.49. The van der Waals surface area contributed by atoms with Gasteiger partial charge >= 0.3 is 0 Å². The van der Waals surface area contributed by atoms with Crippen LogP contribution in [0.4, 0.5) is 0 Å². The van der Waals surface area contributed by atoms with E-state index in [1.807, 2.05) is 17.0 Å². The van der Waals surface area contributed by atoms with Crippen LogP contribution >= 0.6 is 0 Å². The highest BCUT2D eigenvalue weighted by Gasteiger charge is 2.44. The molecule has 5 heteroatoms. The second-order valence-corrected chi connectivity index (χ2v) is 7.41. The normalized spacial score (nSPS) is 21.5. The van der Waals surface area contributed by atoms with Gasteiger partial charge in [0.05, 0.1) is 6.04 Å². The number of hydrogen-bond donors (Lipinski definition) is 0. The molecule has 1 aromatic heterocycles. The summed E-state index contributed by atoms with van der Waals surface area (Å²) < 4.78 is 0. The number of hydrogen-bond acceptors (Lipinski definition) is 3. The van der Waals surface area contributed by atoms with Gasteiger partial charge in [0, 0.05) is 24.7 Å². The van der Waals surface area contributed by atoms with Gasteiger partial charge < -0.3 is 9.80 Å². The molecule has 0 bridgehead atoms. The summed E-state index contributed by atoms with van der Waals surface area (Å²) in [6.45, 7) is 5.64. The molecule has 0 saturated carbocycles. The van der Waals surface area contributed by atoms with Crippen LogP contribution in [0.25, 0.3) is 0 Å². The predicted octanol–water partition coefficient (Wildman–Crippen LogP) is 2.40. The Balaban J connectivity index is 1.69. The minimum Gasteiger partial charge on any atom is -0.331 e. The van der Waals surface area contributed by atoms with Crippen molar-refractivity contribution in [1.82, 2.24) is 14.8 Å². The fourth-order valence-corrected chi connectivity index (χ4v) is 3.99. The number of carbonyl (C=O) groups excluding carboxylic acids is 2. The molecule has 3 heterocycles. The summed E-state index contributed by atoms with van der Waals surface area (Å²) in [5.41, 5.74) is 2.70. The number of benzene rings is 1. The minimum atomic E-state index is -0.184. The van der Waals surface area contributed by atoms with Gasteiger partial charge in [0.2, 0.25) is 5.91 Å². The number of piperazine rings is 1. The van der Waals surface area contributed by atoms with E-state index in [-0.39, 0.29) is 29.8 Å². The zero-order valence-electron chi connectivity index (χ0n) is 14.5. The van der Waals surface area contributed by atoms with Crippen LogP contribution in [0.1, 0.15) is 41.5 Å². The number of aromatic nitrogens is 1. The van der Waals surface area contributed by atoms with Crippen LogP contribution in [-0.2, 0) is 10.2 Å². The molecule has 0 radical (unpaired) electrons. The van der Waals surface area contributed by atoms with Crippen LogP contribution in [0.3, 0.4) is 0 Å². The summed E-state index contributed by atoms with van der Waals surface area (Å²) in [5.74, 6) is -0.181. The molecule has 128 valence electrons. The molecule has 1 saturated heterocycles. The summed E-state index contributed by atoms with van der Waals surface area (Å²) in [4.78, 5) is 33.2. The molecule has 1 atom stereocenters. The van der Waals surface area contributed by atoms with Crippen molar-refractivity contribution in [2.24, 2.45) is 0 Å². The average molecular weight is 335 g/mol. The maximum Gasteiger partial charge on any atom is 0.272 e. The molecular formula is C20H21N3O2. The SMILES string of the molecule is CC1(C)CN2C(=O)CN(C(=O)c3ccccn3)CC2c2ccccc21. The molecule has 0 spiro atoms. The van der Waals surface area contributed by atoms with Crippen LogP contribution in [0.15, 0.2) is 48.7 Å². The first-order valence-corrected chi connectivity index (χ1v) is 8.56. The number of fused-ring (bicyclic) bond motifs is 3.